The summed E-state index contributed by atoms with van der Waals surface area (Å²) in [5, 5.41) is 2.64. The fourth-order valence-corrected chi connectivity index (χ4v) is 5.05. The van der Waals surface area contributed by atoms with Crippen molar-refractivity contribution in [2.24, 2.45) is 0 Å². The molecule has 0 aliphatic carbocycles. The highest BCUT2D eigenvalue weighted by molar-refractivity contribution is 7.90. The maximum Gasteiger partial charge on any atom is 0.260 e. The summed E-state index contributed by atoms with van der Waals surface area (Å²) in [6.07, 6.45) is 1.18. The summed E-state index contributed by atoms with van der Waals surface area (Å²) in [5.74, 6) is -0.130. The van der Waals surface area contributed by atoms with Crippen LogP contribution in [-0.4, -0.2) is 57.6 Å². The van der Waals surface area contributed by atoms with Gasteiger partial charge in [0.05, 0.1) is 15.1 Å². The minimum absolute atomic E-state index is 0.130. The first-order chi connectivity index (χ1) is 14.7. The molecule has 0 aliphatic heterocycles. The molecule has 0 radical (unpaired) electrons. The van der Waals surface area contributed by atoms with Gasteiger partial charge in [0.25, 0.3) is 5.91 Å². The minimum atomic E-state index is -3.32. The van der Waals surface area contributed by atoms with E-state index in [2.05, 4.69) is 4.98 Å². The monoisotopic (exact) mass is 453 g/mol. The molecule has 1 heterocycles. The molecule has 0 saturated carbocycles. The number of hydrogen-bond acceptors (Lipinski definition) is 6. The molecular weight excluding hydrogens is 430 g/mol. The van der Waals surface area contributed by atoms with E-state index >= 15 is 0 Å². The van der Waals surface area contributed by atoms with Crippen molar-refractivity contribution in [3.05, 3.63) is 66.2 Å². The molecule has 8 heteroatoms. The quantitative estimate of drug-likeness (QED) is 0.440. The van der Waals surface area contributed by atoms with Crippen LogP contribution in [0.2, 0.25) is 0 Å². The fourth-order valence-electron chi connectivity index (χ4n) is 3.30. The SMILES string of the molecule is CN(C)CCN(C(=O)c1ccc2ccccc2c1)c1nc2ccc(S(C)(=O)=O)cc2s1. The van der Waals surface area contributed by atoms with Crippen LogP contribution < -0.4 is 4.90 Å². The molecule has 4 rings (SSSR count). The largest absolute Gasteiger partial charge is 0.308 e. The first-order valence-electron chi connectivity index (χ1n) is 9.78. The van der Waals surface area contributed by atoms with Crippen LogP contribution in [0.25, 0.3) is 21.0 Å². The van der Waals surface area contributed by atoms with E-state index in [0.29, 0.717) is 29.3 Å². The normalized spacial score (nSPS) is 12.0. The number of rotatable bonds is 6. The zero-order valence-corrected chi connectivity index (χ0v) is 19.2. The molecule has 0 fully saturated rings. The smallest absolute Gasteiger partial charge is 0.260 e. The highest BCUT2D eigenvalue weighted by Crippen LogP contribution is 2.31. The third kappa shape index (κ3) is 4.61. The van der Waals surface area contributed by atoms with Crippen LogP contribution in [0.5, 0.6) is 0 Å². The Morgan fingerprint density at radius 2 is 1.71 bits per heavy atom. The van der Waals surface area contributed by atoms with E-state index in [0.717, 1.165) is 15.5 Å². The van der Waals surface area contributed by atoms with Gasteiger partial charge in [-0.2, -0.15) is 0 Å². The van der Waals surface area contributed by atoms with Crippen LogP contribution >= 0.6 is 11.3 Å². The third-order valence-electron chi connectivity index (χ3n) is 5.02. The molecule has 160 valence electrons. The van der Waals surface area contributed by atoms with E-state index in [1.54, 1.807) is 23.1 Å². The number of likely N-dealkylation sites (N-methyl/N-ethyl adjacent to an activating group) is 1. The van der Waals surface area contributed by atoms with Gasteiger partial charge >= 0.3 is 0 Å². The van der Waals surface area contributed by atoms with E-state index in [9.17, 15) is 13.2 Å². The summed E-state index contributed by atoms with van der Waals surface area (Å²) in [6.45, 7) is 1.14. The molecule has 31 heavy (non-hydrogen) atoms. The van der Waals surface area contributed by atoms with Gasteiger partial charge in [0.15, 0.2) is 15.0 Å². The van der Waals surface area contributed by atoms with Crippen LogP contribution in [-0.2, 0) is 9.84 Å². The average Bonchev–Trinajstić information content (AvgIpc) is 3.15. The van der Waals surface area contributed by atoms with E-state index < -0.39 is 9.84 Å². The van der Waals surface area contributed by atoms with Gasteiger partial charge in [-0.25, -0.2) is 13.4 Å². The van der Waals surface area contributed by atoms with Crippen molar-refractivity contribution in [1.82, 2.24) is 9.88 Å². The zero-order chi connectivity index (χ0) is 22.2. The van der Waals surface area contributed by atoms with Gasteiger partial charge in [0.1, 0.15) is 0 Å². The number of carbonyl (C=O) groups is 1. The van der Waals surface area contributed by atoms with E-state index in [1.807, 2.05) is 61.5 Å². The molecule has 0 unspecified atom stereocenters. The lowest BCUT2D eigenvalue weighted by atomic mass is 10.1. The van der Waals surface area contributed by atoms with Gasteiger partial charge in [0, 0.05) is 24.9 Å². The first-order valence-corrected chi connectivity index (χ1v) is 12.5. The Balaban J connectivity index is 1.75. The predicted molar refractivity (Wildman–Crippen MR) is 127 cm³/mol. The lowest BCUT2D eigenvalue weighted by Gasteiger charge is -2.22. The number of anilines is 1. The van der Waals surface area contributed by atoms with Crippen LogP contribution in [0.4, 0.5) is 5.13 Å². The Bertz CT molecular complexity index is 1380. The van der Waals surface area contributed by atoms with Crippen molar-refractivity contribution >= 4 is 53.2 Å². The lowest BCUT2D eigenvalue weighted by Crippen LogP contribution is -2.36. The number of nitrogens with zero attached hydrogens (tertiary/aromatic N) is 3. The van der Waals surface area contributed by atoms with Gasteiger partial charge in [-0.15, -0.1) is 0 Å². The number of hydrogen-bond donors (Lipinski definition) is 0. The predicted octanol–water partition coefficient (Wildman–Crippen LogP) is 4.06. The summed E-state index contributed by atoms with van der Waals surface area (Å²) >= 11 is 1.32. The molecule has 0 saturated heterocycles. The molecule has 0 atom stereocenters. The van der Waals surface area contributed by atoms with Crippen LogP contribution in [0.15, 0.2) is 65.6 Å². The number of benzene rings is 3. The maximum absolute atomic E-state index is 13.5. The molecule has 0 spiro atoms. The number of thiazole rings is 1. The molecule has 1 amide bonds. The van der Waals surface area contributed by atoms with E-state index in [1.165, 1.54) is 17.6 Å². The molecule has 3 aromatic carbocycles. The third-order valence-corrected chi connectivity index (χ3v) is 7.17. The molecule has 0 bridgehead atoms. The molecule has 6 nitrogen and oxygen atoms in total. The number of fused-ring (bicyclic) bond motifs is 2. The fraction of sp³-hybridized carbons (Fsp3) is 0.217. The number of amides is 1. The Hall–Kier alpha value is -2.81. The minimum Gasteiger partial charge on any atom is -0.308 e. The van der Waals surface area contributed by atoms with Crippen LogP contribution in [0.1, 0.15) is 10.4 Å². The van der Waals surface area contributed by atoms with Gasteiger partial charge in [-0.1, -0.05) is 41.7 Å². The van der Waals surface area contributed by atoms with Gasteiger partial charge in [-0.3, -0.25) is 9.69 Å². The van der Waals surface area contributed by atoms with Crippen molar-refractivity contribution in [2.45, 2.75) is 4.90 Å². The van der Waals surface area contributed by atoms with Crippen molar-refractivity contribution in [3.63, 3.8) is 0 Å². The number of sulfone groups is 1. The molecule has 0 N–H and O–H groups in total. The van der Waals surface area contributed by atoms with Crippen molar-refractivity contribution < 1.29 is 13.2 Å². The van der Waals surface area contributed by atoms with E-state index in [-0.39, 0.29) is 10.8 Å². The standard InChI is InChI=1S/C23H23N3O3S2/c1-25(2)12-13-26(22(27)18-9-8-16-6-4-5-7-17(16)14-18)23-24-20-11-10-19(31(3,28)29)15-21(20)30-23/h4-11,14-15H,12-13H2,1-3H3. The summed E-state index contributed by atoms with van der Waals surface area (Å²) in [5.41, 5.74) is 1.27. The topological polar surface area (TPSA) is 70.6 Å². The van der Waals surface area contributed by atoms with Crippen molar-refractivity contribution in [1.29, 1.82) is 0 Å². The summed E-state index contributed by atoms with van der Waals surface area (Å²) in [7, 11) is 0.592. The Morgan fingerprint density at radius 3 is 2.42 bits per heavy atom. The average molecular weight is 454 g/mol. The highest BCUT2D eigenvalue weighted by atomic mass is 32.2. The second-order valence-corrected chi connectivity index (χ2v) is 10.7. The summed E-state index contributed by atoms with van der Waals surface area (Å²) in [4.78, 5) is 22.0. The number of carbonyl (C=O) groups excluding carboxylic acids is 1. The van der Waals surface area contributed by atoms with Gasteiger partial charge < -0.3 is 4.90 Å². The second kappa shape index (κ2) is 8.37. The van der Waals surface area contributed by atoms with Crippen LogP contribution in [0.3, 0.4) is 0 Å². The molecule has 4 aromatic rings. The number of aromatic nitrogens is 1. The molecular formula is C23H23N3O3S2. The van der Waals surface area contributed by atoms with Gasteiger partial charge in [-0.05, 0) is 55.2 Å². The molecule has 1 aromatic heterocycles. The van der Waals surface area contributed by atoms with Crippen molar-refractivity contribution in [2.75, 3.05) is 38.3 Å². The Labute approximate surface area is 185 Å². The van der Waals surface area contributed by atoms with Gasteiger partial charge in [0.2, 0.25) is 0 Å². The summed E-state index contributed by atoms with van der Waals surface area (Å²) in [6, 6.07) is 18.5. The van der Waals surface area contributed by atoms with E-state index in [4.69, 9.17) is 0 Å². The summed E-state index contributed by atoms with van der Waals surface area (Å²) < 4.78 is 24.6. The Kier molecular flexibility index (Phi) is 5.79. The maximum atomic E-state index is 13.5. The second-order valence-electron chi connectivity index (χ2n) is 7.72. The van der Waals surface area contributed by atoms with Crippen LogP contribution in [0, 0.1) is 0 Å². The van der Waals surface area contributed by atoms with Crippen molar-refractivity contribution in [3.8, 4) is 0 Å². The lowest BCUT2D eigenvalue weighted by molar-refractivity contribution is 0.0985. The zero-order valence-electron chi connectivity index (χ0n) is 17.6. The Morgan fingerprint density at radius 1 is 0.968 bits per heavy atom. The highest BCUT2D eigenvalue weighted by Gasteiger charge is 2.22. The first kappa shape index (κ1) is 21.4. The molecule has 0 aliphatic rings.